The highest BCUT2D eigenvalue weighted by Crippen LogP contribution is 2.32. The summed E-state index contributed by atoms with van der Waals surface area (Å²) in [5.74, 6) is 0.427. The first-order chi connectivity index (χ1) is 14.1. The van der Waals surface area contributed by atoms with Gasteiger partial charge in [-0.25, -0.2) is 14.4 Å². The van der Waals surface area contributed by atoms with Gasteiger partial charge in [-0.05, 0) is 61.1 Å². The highest BCUT2D eigenvalue weighted by Gasteiger charge is 2.25. The van der Waals surface area contributed by atoms with Crippen LogP contribution in [0, 0.1) is 17.7 Å². The third-order valence-electron chi connectivity index (χ3n) is 5.65. The Balaban J connectivity index is 1.64. The Kier molecular flexibility index (Phi) is 5.29. The van der Waals surface area contributed by atoms with Gasteiger partial charge in [-0.3, -0.25) is 9.36 Å². The molecule has 150 valence electrons. The molecule has 1 fully saturated rings. The lowest BCUT2D eigenvalue weighted by Gasteiger charge is -2.29. The summed E-state index contributed by atoms with van der Waals surface area (Å²) >= 11 is 0. The second-order valence-electron chi connectivity index (χ2n) is 7.62. The largest absolute Gasteiger partial charge is 0.405 e. The van der Waals surface area contributed by atoms with E-state index >= 15 is 0 Å². The molecule has 0 bridgehead atoms. The molecule has 3 aromatic rings. The van der Waals surface area contributed by atoms with Crippen molar-refractivity contribution in [3.63, 3.8) is 0 Å². The van der Waals surface area contributed by atoms with Crippen LogP contribution in [0.3, 0.4) is 0 Å². The number of amides is 1. The van der Waals surface area contributed by atoms with E-state index in [-0.39, 0.29) is 22.8 Å². The van der Waals surface area contributed by atoms with E-state index in [0.717, 1.165) is 19.3 Å². The molecular weight excluding hydrogens is 369 g/mol. The van der Waals surface area contributed by atoms with Crippen molar-refractivity contribution < 1.29 is 9.18 Å². The van der Waals surface area contributed by atoms with Crippen LogP contribution in [0.2, 0.25) is 0 Å². The number of hydrogen-bond acceptors (Lipinski definition) is 4. The van der Waals surface area contributed by atoms with Gasteiger partial charge in [-0.2, -0.15) is 0 Å². The molecule has 7 heteroatoms. The normalized spacial score (nSPS) is 20.8. The molecule has 1 amide bonds. The minimum absolute atomic E-state index is 0.211. The van der Waals surface area contributed by atoms with Gasteiger partial charge in [0.25, 0.3) is 5.91 Å². The smallest absolute Gasteiger partial charge is 0.253 e. The summed E-state index contributed by atoms with van der Waals surface area (Å²) in [4.78, 5) is 21.4. The lowest BCUT2D eigenvalue weighted by Crippen LogP contribution is -2.32. The summed E-state index contributed by atoms with van der Waals surface area (Å²) in [6.07, 6.45) is 9.54. The maximum absolute atomic E-state index is 14.6. The maximum atomic E-state index is 14.6. The lowest BCUT2D eigenvalue weighted by molar-refractivity contribution is 0.0947. The van der Waals surface area contributed by atoms with E-state index in [4.69, 9.17) is 5.73 Å². The zero-order chi connectivity index (χ0) is 20.4. The van der Waals surface area contributed by atoms with Crippen molar-refractivity contribution in [3.05, 3.63) is 66.0 Å². The zero-order valence-electron chi connectivity index (χ0n) is 16.3. The summed E-state index contributed by atoms with van der Waals surface area (Å²) in [6.45, 7) is 2.69. The van der Waals surface area contributed by atoms with Gasteiger partial charge in [0, 0.05) is 30.5 Å². The van der Waals surface area contributed by atoms with Crippen LogP contribution in [0.4, 0.5) is 4.39 Å². The fourth-order valence-corrected chi connectivity index (χ4v) is 4.11. The van der Waals surface area contributed by atoms with E-state index in [0.29, 0.717) is 23.9 Å². The van der Waals surface area contributed by atoms with E-state index in [1.807, 2.05) is 0 Å². The number of rotatable bonds is 4. The van der Waals surface area contributed by atoms with Gasteiger partial charge < -0.3 is 11.1 Å². The van der Waals surface area contributed by atoms with Crippen molar-refractivity contribution in [1.29, 1.82) is 0 Å². The monoisotopic (exact) mass is 393 g/mol. The summed E-state index contributed by atoms with van der Waals surface area (Å²) in [6, 6.07) is 6.43. The standard InChI is InChI=1S/C22H24FN5O/c1-14-6-7-15(11-24)16(10-14)12-27-21(29)17-13-28(22-25-8-3-9-26-22)19-5-2-4-18(23)20(17)19/h2-5,8-9,11,13-14,16H,6-7,10,12,24H2,1H3,(H,27,29)/b15-11+. The fourth-order valence-electron chi connectivity index (χ4n) is 4.11. The minimum Gasteiger partial charge on any atom is -0.405 e. The molecule has 1 aliphatic rings. The average molecular weight is 393 g/mol. The van der Waals surface area contributed by atoms with Gasteiger partial charge in [0.15, 0.2) is 0 Å². The van der Waals surface area contributed by atoms with Gasteiger partial charge in [0.05, 0.1) is 11.1 Å². The van der Waals surface area contributed by atoms with Gasteiger partial charge in [-0.15, -0.1) is 0 Å². The molecule has 6 nitrogen and oxygen atoms in total. The molecule has 0 saturated heterocycles. The highest BCUT2D eigenvalue weighted by molar-refractivity contribution is 6.07. The Morgan fingerprint density at radius 1 is 1.34 bits per heavy atom. The predicted octanol–water partition coefficient (Wildman–Crippen LogP) is 3.57. The molecule has 2 heterocycles. The third-order valence-corrected chi connectivity index (χ3v) is 5.65. The second-order valence-corrected chi connectivity index (χ2v) is 7.62. The molecule has 1 aromatic carbocycles. The van der Waals surface area contributed by atoms with Crippen molar-refractivity contribution in [2.75, 3.05) is 6.54 Å². The summed E-state index contributed by atoms with van der Waals surface area (Å²) < 4.78 is 16.3. The number of nitrogens with zero attached hydrogens (tertiary/aromatic N) is 3. The first kappa shape index (κ1) is 19.1. The SMILES string of the molecule is CC1CC/C(=C\N)C(CNC(=O)c2cn(-c3ncccn3)c3cccc(F)c23)C1. The van der Waals surface area contributed by atoms with Crippen LogP contribution in [0.25, 0.3) is 16.9 Å². The molecule has 2 aromatic heterocycles. The molecule has 0 spiro atoms. The number of carbonyl (C=O) groups excluding carboxylic acids is 1. The number of hydrogen-bond donors (Lipinski definition) is 2. The van der Waals surface area contributed by atoms with Crippen molar-refractivity contribution in [2.45, 2.75) is 26.2 Å². The van der Waals surface area contributed by atoms with Crippen molar-refractivity contribution in [3.8, 4) is 5.95 Å². The van der Waals surface area contributed by atoms with Crippen molar-refractivity contribution in [1.82, 2.24) is 19.9 Å². The molecule has 1 aliphatic carbocycles. The average Bonchev–Trinajstić information content (AvgIpc) is 3.14. The van der Waals surface area contributed by atoms with Crippen LogP contribution in [0.15, 0.2) is 54.6 Å². The zero-order valence-corrected chi connectivity index (χ0v) is 16.3. The topological polar surface area (TPSA) is 85.8 Å². The number of fused-ring (bicyclic) bond motifs is 1. The first-order valence-corrected chi connectivity index (χ1v) is 9.84. The molecule has 0 radical (unpaired) electrons. The Bertz CT molecular complexity index is 1060. The quantitative estimate of drug-likeness (QED) is 0.710. The molecule has 1 saturated carbocycles. The Morgan fingerprint density at radius 2 is 2.14 bits per heavy atom. The number of nitrogens with one attached hydrogen (secondary N) is 1. The van der Waals surface area contributed by atoms with Crippen molar-refractivity contribution >= 4 is 16.8 Å². The summed E-state index contributed by atoms with van der Waals surface area (Å²) in [5, 5.41) is 3.25. The molecule has 3 N–H and O–H groups in total. The van der Waals surface area contributed by atoms with E-state index in [9.17, 15) is 9.18 Å². The number of nitrogens with two attached hydrogens (primary N) is 1. The highest BCUT2D eigenvalue weighted by atomic mass is 19.1. The van der Waals surface area contributed by atoms with Crippen LogP contribution in [0.1, 0.15) is 36.5 Å². The van der Waals surface area contributed by atoms with Crippen LogP contribution in [-0.4, -0.2) is 27.0 Å². The molecule has 0 aliphatic heterocycles. The summed E-state index contributed by atoms with van der Waals surface area (Å²) in [5.41, 5.74) is 7.77. The van der Waals surface area contributed by atoms with E-state index in [1.165, 1.54) is 11.6 Å². The van der Waals surface area contributed by atoms with Crippen molar-refractivity contribution in [2.24, 2.45) is 17.6 Å². The first-order valence-electron chi connectivity index (χ1n) is 9.84. The molecule has 4 rings (SSSR count). The van der Waals surface area contributed by atoms with E-state index in [2.05, 4.69) is 22.2 Å². The van der Waals surface area contributed by atoms with Crippen LogP contribution in [-0.2, 0) is 0 Å². The van der Waals surface area contributed by atoms with E-state index < -0.39 is 5.82 Å². The van der Waals surface area contributed by atoms with Crippen LogP contribution >= 0.6 is 0 Å². The number of benzene rings is 1. The molecule has 29 heavy (non-hydrogen) atoms. The van der Waals surface area contributed by atoms with Crippen LogP contribution in [0.5, 0.6) is 0 Å². The predicted molar refractivity (Wildman–Crippen MR) is 110 cm³/mol. The van der Waals surface area contributed by atoms with Gasteiger partial charge >= 0.3 is 0 Å². The number of halogens is 1. The van der Waals surface area contributed by atoms with E-state index in [1.54, 1.807) is 47.6 Å². The molecular formula is C22H24FN5O. The lowest BCUT2D eigenvalue weighted by atomic mass is 9.79. The number of aromatic nitrogens is 3. The molecule has 2 unspecified atom stereocenters. The van der Waals surface area contributed by atoms with Gasteiger partial charge in [0.1, 0.15) is 5.82 Å². The molecule has 2 atom stereocenters. The number of carbonyl (C=O) groups is 1. The summed E-state index contributed by atoms with van der Waals surface area (Å²) in [7, 11) is 0. The van der Waals surface area contributed by atoms with Gasteiger partial charge in [0.2, 0.25) is 5.95 Å². The van der Waals surface area contributed by atoms with Crippen LogP contribution < -0.4 is 11.1 Å². The second kappa shape index (κ2) is 8.03. The fraction of sp³-hybridized carbons (Fsp3) is 0.318. The van der Waals surface area contributed by atoms with Gasteiger partial charge in [-0.1, -0.05) is 13.0 Å². The Morgan fingerprint density at radius 3 is 2.90 bits per heavy atom. The minimum atomic E-state index is -0.448. The maximum Gasteiger partial charge on any atom is 0.253 e. The third kappa shape index (κ3) is 3.72. The Labute approximate surface area is 168 Å². The Hall–Kier alpha value is -3.22.